The number of rotatable bonds is 7. The molecule has 0 bridgehead atoms. The van der Waals surface area contributed by atoms with Gasteiger partial charge in [-0.15, -0.1) is 10.2 Å². The first-order valence-corrected chi connectivity index (χ1v) is 11.2. The molecule has 0 aliphatic heterocycles. The molecule has 0 radical (unpaired) electrons. The number of amides is 2. The summed E-state index contributed by atoms with van der Waals surface area (Å²) in [5, 5.41) is 15.6. The lowest BCUT2D eigenvalue weighted by atomic mass is 10.2. The summed E-state index contributed by atoms with van der Waals surface area (Å²) in [5.41, 5.74) is 0.892. The SMILES string of the molecule is C[C@@H](NC(=O)c1ccccc1Cl)c1nnc(SCC(=O)Nc2cc(Cl)cc(Cl)c2)n1C. The molecule has 1 heterocycles. The maximum Gasteiger partial charge on any atom is 0.253 e. The number of aromatic nitrogens is 3. The van der Waals surface area contributed by atoms with Gasteiger partial charge in [0.05, 0.1) is 22.4 Å². The third kappa shape index (κ3) is 6.13. The molecule has 0 aliphatic carbocycles. The summed E-state index contributed by atoms with van der Waals surface area (Å²) in [6.45, 7) is 1.79. The summed E-state index contributed by atoms with van der Waals surface area (Å²) in [5.74, 6) is 0.101. The van der Waals surface area contributed by atoms with Crippen LogP contribution in [0.25, 0.3) is 0 Å². The number of nitrogens with zero attached hydrogens (tertiary/aromatic N) is 3. The van der Waals surface area contributed by atoms with Crippen LogP contribution in [0.3, 0.4) is 0 Å². The molecule has 2 aromatic carbocycles. The number of halogens is 3. The Balaban J connectivity index is 1.59. The highest BCUT2D eigenvalue weighted by atomic mass is 35.5. The first kappa shape index (κ1) is 23.4. The number of anilines is 1. The molecular weight excluding hydrogens is 481 g/mol. The zero-order valence-electron chi connectivity index (χ0n) is 16.5. The Labute approximate surface area is 198 Å². The van der Waals surface area contributed by atoms with Crippen molar-refractivity contribution in [1.82, 2.24) is 20.1 Å². The minimum absolute atomic E-state index is 0.108. The molecule has 11 heteroatoms. The highest BCUT2D eigenvalue weighted by Crippen LogP contribution is 2.24. The van der Waals surface area contributed by atoms with E-state index in [2.05, 4.69) is 20.8 Å². The average Bonchev–Trinajstić information content (AvgIpc) is 3.06. The Morgan fingerprint density at radius 2 is 1.77 bits per heavy atom. The van der Waals surface area contributed by atoms with Gasteiger partial charge in [0, 0.05) is 22.8 Å². The van der Waals surface area contributed by atoms with Gasteiger partial charge in [0.1, 0.15) is 0 Å². The number of carbonyl (C=O) groups is 2. The first-order valence-electron chi connectivity index (χ1n) is 9.08. The van der Waals surface area contributed by atoms with Gasteiger partial charge < -0.3 is 15.2 Å². The second-order valence-corrected chi connectivity index (χ2v) is 8.79. The van der Waals surface area contributed by atoms with Crippen molar-refractivity contribution < 1.29 is 9.59 Å². The number of hydrogen-bond donors (Lipinski definition) is 2. The van der Waals surface area contributed by atoms with Crippen LogP contribution in [0, 0.1) is 0 Å². The summed E-state index contributed by atoms with van der Waals surface area (Å²) in [7, 11) is 1.77. The Kier molecular flexibility index (Phi) is 7.83. The van der Waals surface area contributed by atoms with Crippen molar-refractivity contribution >= 4 is 64.1 Å². The standard InChI is InChI=1S/C20H18Cl3N5O2S/c1-11(24-19(30)15-5-3-4-6-16(15)23)18-26-27-20(28(18)2)31-10-17(29)25-14-8-12(21)7-13(22)9-14/h3-9,11H,10H2,1-2H3,(H,24,30)(H,25,29)/t11-/m1/s1. The first-order chi connectivity index (χ1) is 14.7. The Morgan fingerprint density at radius 1 is 1.10 bits per heavy atom. The van der Waals surface area contributed by atoms with E-state index < -0.39 is 6.04 Å². The van der Waals surface area contributed by atoms with Crippen LogP contribution in [-0.4, -0.2) is 32.3 Å². The number of carbonyl (C=O) groups excluding carboxylic acids is 2. The second-order valence-electron chi connectivity index (χ2n) is 6.57. The maximum atomic E-state index is 12.5. The summed E-state index contributed by atoms with van der Waals surface area (Å²) in [6.07, 6.45) is 0. The number of nitrogens with one attached hydrogen (secondary N) is 2. The lowest BCUT2D eigenvalue weighted by molar-refractivity contribution is -0.113. The summed E-state index contributed by atoms with van der Waals surface area (Å²) >= 11 is 19.2. The van der Waals surface area contributed by atoms with E-state index in [1.165, 1.54) is 11.8 Å². The van der Waals surface area contributed by atoms with E-state index in [1.807, 2.05) is 0 Å². The van der Waals surface area contributed by atoms with Crippen molar-refractivity contribution in [3.8, 4) is 0 Å². The molecule has 0 saturated carbocycles. The van der Waals surface area contributed by atoms with E-state index in [4.69, 9.17) is 34.8 Å². The zero-order chi connectivity index (χ0) is 22.5. The molecule has 2 N–H and O–H groups in total. The Bertz CT molecular complexity index is 1100. The van der Waals surface area contributed by atoms with Crippen LogP contribution in [0.1, 0.15) is 29.1 Å². The van der Waals surface area contributed by atoms with E-state index in [9.17, 15) is 9.59 Å². The molecular formula is C20H18Cl3N5O2S. The van der Waals surface area contributed by atoms with Crippen LogP contribution < -0.4 is 10.6 Å². The largest absolute Gasteiger partial charge is 0.342 e. The molecule has 31 heavy (non-hydrogen) atoms. The van der Waals surface area contributed by atoms with E-state index in [0.717, 1.165) is 0 Å². The predicted molar refractivity (Wildman–Crippen MR) is 124 cm³/mol. The zero-order valence-corrected chi connectivity index (χ0v) is 19.6. The fourth-order valence-electron chi connectivity index (χ4n) is 2.77. The van der Waals surface area contributed by atoms with Crippen LogP contribution in [0.5, 0.6) is 0 Å². The lowest BCUT2D eigenvalue weighted by Crippen LogP contribution is -2.28. The number of thioether (sulfide) groups is 1. The molecule has 3 rings (SSSR count). The third-order valence-corrected chi connectivity index (χ3v) is 5.99. The van der Waals surface area contributed by atoms with Gasteiger partial charge in [-0.1, -0.05) is 58.7 Å². The van der Waals surface area contributed by atoms with Crippen LogP contribution >= 0.6 is 46.6 Å². The van der Waals surface area contributed by atoms with Gasteiger partial charge >= 0.3 is 0 Å². The fourth-order valence-corrected chi connectivity index (χ4v) is 4.23. The molecule has 2 amide bonds. The lowest BCUT2D eigenvalue weighted by Gasteiger charge is -2.14. The van der Waals surface area contributed by atoms with Crippen molar-refractivity contribution in [2.24, 2.45) is 7.05 Å². The number of benzene rings is 2. The van der Waals surface area contributed by atoms with E-state index >= 15 is 0 Å². The highest BCUT2D eigenvalue weighted by molar-refractivity contribution is 7.99. The quantitative estimate of drug-likeness (QED) is 0.448. The van der Waals surface area contributed by atoms with Gasteiger partial charge in [-0.05, 0) is 37.3 Å². The molecule has 162 valence electrons. The van der Waals surface area contributed by atoms with Crippen LogP contribution in [-0.2, 0) is 11.8 Å². The minimum atomic E-state index is -0.418. The Hall–Kier alpha value is -2.26. The van der Waals surface area contributed by atoms with Gasteiger partial charge in [0.25, 0.3) is 5.91 Å². The highest BCUT2D eigenvalue weighted by Gasteiger charge is 2.20. The van der Waals surface area contributed by atoms with Crippen LogP contribution in [0.4, 0.5) is 5.69 Å². The second kappa shape index (κ2) is 10.4. The predicted octanol–water partition coefficient (Wildman–Crippen LogP) is 5.00. The summed E-state index contributed by atoms with van der Waals surface area (Å²) in [6, 6.07) is 11.2. The van der Waals surface area contributed by atoms with Crippen LogP contribution in [0.2, 0.25) is 15.1 Å². The monoisotopic (exact) mass is 497 g/mol. The molecule has 0 saturated heterocycles. The average molecular weight is 499 g/mol. The molecule has 0 unspecified atom stereocenters. The van der Waals surface area contributed by atoms with Crippen molar-refractivity contribution in [2.75, 3.05) is 11.1 Å². The molecule has 7 nitrogen and oxygen atoms in total. The number of hydrogen-bond acceptors (Lipinski definition) is 5. The molecule has 0 fully saturated rings. The van der Waals surface area contributed by atoms with E-state index in [0.29, 0.717) is 37.3 Å². The van der Waals surface area contributed by atoms with E-state index in [-0.39, 0.29) is 17.6 Å². The molecule has 0 spiro atoms. The van der Waals surface area contributed by atoms with Gasteiger partial charge in [-0.2, -0.15) is 0 Å². The topological polar surface area (TPSA) is 88.9 Å². The third-order valence-electron chi connectivity index (χ3n) is 4.20. The summed E-state index contributed by atoms with van der Waals surface area (Å²) < 4.78 is 1.73. The summed E-state index contributed by atoms with van der Waals surface area (Å²) in [4.78, 5) is 24.7. The smallest absolute Gasteiger partial charge is 0.253 e. The molecule has 3 aromatic rings. The molecule has 1 aromatic heterocycles. The molecule has 0 aliphatic rings. The molecule has 1 atom stereocenters. The van der Waals surface area contributed by atoms with Crippen molar-refractivity contribution in [3.05, 3.63) is 68.9 Å². The normalized spacial score (nSPS) is 11.8. The fraction of sp³-hybridized carbons (Fsp3) is 0.200. The minimum Gasteiger partial charge on any atom is -0.342 e. The van der Waals surface area contributed by atoms with Gasteiger partial charge in [0.15, 0.2) is 11.0 Å². The van der Waals surface area contributed by atoms with Gasteiger partial charge in [-0.3, -0.25) is 9.59 Å². The van der Waals surface area contributed by atoms with Crippen molar-refractivity contribution in [1.29, 1.82) is 0 Å². The van der Waals surface area contributed by atoms with Crippen molar-refractivity contribution in [2.45, 2.75) is 18.1 Å². The Morgan fingerprint density at radius 3 is 2.45 bits per heavy atom. The van der Waals surface area contributed by atoms with Crippen LogP contribution in [0.15, 0.2) is 47.6 Å². The van der Waals surface area contributed by atoms with Gasteiger partial charge in [-0.25, -0.2) is 0 Å². The van der Waals surface area contributed by atoms with E-state index in [1.54, 1.807) is 61.0 Å². The van der Waals surface area contributed by atoms with Crippen molar-refractivity contribution in [3.63, 3.8) is 0 Å². The van der Waals surface area contributed by atoms with Gasteiger partial charge in [0.2, 0.25) is 5.91 Å². The maximum absolute atomic E-state index is 12.5.